The number of rotatable bonds is 0. The van der Waals surface area contributed by atoms with Gasteiger partial charge in [0.15, 0.2) is 0 Å². The molecule has 5 nitrogen and oxygen atoms in total. The Balaban J connectivity index is -0.0000000800. The second kappa shape index (κ2) is 9.28. The molecule has 0 aromatic carbocycles. The van der Waals surface area contributed by atoms with E-state index < -0.39 is 9.05 Å². The molecule has 0 saturated carbocycles. The van der Waals surface area contributed by atoms with Crippen LogP contribution in [-0.4, -0.2) is 77.7 Å². The zero-order chi connectivity index (χ0) is 7.21. The molecule has 0 aromatic rings. The fourth-order valence-corrected chi connectivity index (χ4v) is 0. The average molecular weight is 184 g/mol. The van der Waals surface area contributed by atoms with Crippen molar-refractivity contribution in [3.8, 4) is 0 Å². The van der Waals surface area contributed by atoms with Crippen LogP contribution in [0.1, 0.15) is 6.92 Å². The summed E-state index contributed by atoms with van der Waals surface area (Å²) in [4.78, 5) is 29.3. The predicted molar refractivity (Wildman–Crippen MR) is 35.9 cm³/mol. The summed E-state index contributed by atoms with van der Waals surface area (Å²) in [6.45, 7) is 1.93. The molecule has 0 atom stereocenters. The van der Waals surface area contributed by atoms with Crippen LogP contribution in [-0.2, 0) is 0 Å². The van der Waals surface area contributed by atoms with Gasteiger partial charge in [-0.3, -0.25) is 0 Å². The molecule has 0 aliphatic rings. The molecule has 56 valence electrons. The van der Waals surface area contributed by atoms with Crippen LogP contribution in [0.4, 0.5) is 0 Å². The minimum absolute atomic E-state index is 0. The van der Waals surface area contributed by atoms with Gasteiger partial charge in [-0.15, -0.1) is 0 Å². The van der Waals surface area contributed by atoms with E-state index in [0.29, 0.717) is 0 Å². The van der Waals surface area contributed by atoms with Gasteiger partial charge in [0.2, 0.25) is 0 Å². The van der Waals surface area contributed by atoms with Crippen LogP contribution in [0.3, 0.4) is 0 Å². The van der Waals surface area contributed by atoms with Crippen molar-refractivity contribution in [1.82, 2.24) is 0 Å². The molecule has 0 saturated heterocycles. The van der Waals surface area contributed by atoms with E-state index in [2.05, 4.69) is 0 Å². The Morgan fingerprint density at radius 3 is 1.11 bits per heavy atom. The number of aliphatic hydroxyl groups is 1. The van der Waals surface area contributed by atoms with Crippen molar-refractivity contribution in [2.24, 2.45) is 0 Å². The molecule has 0 bridgehead atoms. The van der Waals surface area contributed by atoms with E-state index in [4.69, 9.17) is 24.3 Å². The molecule has 0 fully saturated rings. The number of hydrogen-bond donors (Lipinski definition) is 5. The first-order valence-electron chi connectivity index (χ1n) is 1.92. The average Bonchev–Trinajstić information content (AvgIpc) is 1.27. The van der Waals surface area contributed by atoms with Crippen molar-refractivity contribution < 1.29 is 24.3 Å². The topological polar surface area (TPSA) is 101 Å². The maximum atomic E-state index is 7.57. The Hall–Kier alpha value is 1.28. The molecule has 0 aromatic heterocycles. The van der Waals surface area contributed by atoms with Crippen molar-refractivity contribution >= 4 is 46.8 Å². The van der Waals surface area contributed by atoms with Gasteiger partial charge in [0.25, 0.3) is 0 Å². The first-order chi connectivity index (χ1) is 3.41. The van der Waals surface area contributed by atoms with E-state index in [-0.39, 0.29) is 44.3 Å². The third-order valence-electron chi connectivity index (χ3n) is 0. The molecular formula is C2H12CaO5Si. The summed E-state index contributed by atoms with van der Waals surface area (Å²) in [6.07, 6.45) is 0. The molecule has 0 radical (unpaired) electrons. The Kier molecular flexibility index (Phi) is 17.2. The van der Waals surface area contributed by atoms with Crippen LogP contribution in [0.2, 0.25) is 0 Å². The van der Waals surface area contributed by atoms with E-state index in [1.807, 2.05) is 0 Å². The van der Waals surface area contributed by atoms with Crippen LogP contribution in [0.25, 0.3) is 0 Å². The standard InChI is InChI=1S/C2H6O.Ca.H4O4Si.2H/c1-2-3;;1-5(2,3)4;;/h3H,2H2,1H3;;1-4H;;. The van der Waals surface area contributed by atoms with Crippen molar-refractivity contribution in [2.75, 3.05) is 6.61 Å². The second-order valence-corrected chi connectivity index (χ2v) is 2.12. The van der Waals surface area contributed by atoms with Crippen molar-refractivity contribution in [3.63, 3.8) is 0 Å². The molecule has 0 aliphatic carbocycles. The maximum absolute atomic E-state index is 7.57. The molecule has 5 N–H and O–H groups in total. The van der Waals surface area contributed by atoms with Crippen LogP contribution in [0.5, 0.6) is 0 Å². The first-order valence-corrected chi connectivity index (χ1v) is 3.71. The predicted octanol–water partition coefficient (Wildman–Crippen LogP) is -3.53. The van der Waals surface area contributed by atoms with E-state index in [1.165, 1.54) is 0 Å². The van der Waals surface area contributed by atoms with Gasteiger partial charge in [-0.1, -0.05) is 0 Å². The molecule has 0 spiro atoms. The fraction of sp³-hybridized carbons (Fsp3) is 1.00. The van der Waals surface area contributed by atoms with Crippen molar-refractivity contribution in [2.45, 2.75) is 6.92 Å². The van der Waals surface area contributed by atoms with Gasteiger partial charge in [0, 0.05) is 6.61 Å². The van der Waals surface area contributed by atoms with Gasteiger partial charge in [-0.25, -0.2) is 0 Å². The first kappa shape index (κ1) is 16.7. The van der Waals surface area contributed by atoms with Gasteiger partial charge >= 0.3 is 46.8 Å². The summed E-state index contributed by atoms with van der Waals surface area (Å²) in [7, 11) is -4.61. The van der Waals surface area contributed by atoms with Gasteiger partial charge in [0.05, 0.1) is 0 Å². The molecule has 0 heterocycles. The third-order valence-corrected chi connectivity index (χ3v) is 0. The van der Waals surface area contributed by atoms with E-state index in [0.717, 1.165) is 0 Å². The fourth-order valence-electron chi connectivity index (χ4n) is 0. The summed E-state index contributed by atoms with van der Waals surface area (Å²) >= 11 is 0. The summed E-state index contributed by atoms with van der Waals surface area (Å²) in [5.41, 5.74) is 0. The van der Waals surface area contributed by atoms with Gasteiger partial charge in [-0.05, 0) is 6.92 Å². The Morgan fingerprint density at radius 1 is 1.11 bits per heavy atom. The van der Waals surface area contributed by atoms with Crippen LogP contribution in [0.15, 0.2) is 0 Å². The van der Waals surface area contributed by atoms with E-state index in [1.54, 1.807) is 6.92 Å². The molecule has 7 heteroatoms. The van der Waals surface area contributed by atoms with Crippen molar-refractivity contribution in [3.05, 3.63) is 0 Å². The molecule has 9 heavy (non-hydrogen) atoms. The Labute approximate surface area is 84.1 Å². The normalized spacial score (nSPS) is 8.67. The van der Waals surface area contributed by atoms with Gasteiger partial charge < -0.3 is 24.3 Å². The van der Waals surface area contributed by atoms with Crippen molar-refractivity contribution in [1.29, 1.82) is 0 Å². The summed E-state index contributed by atoms with van der Waals surface area (Å²) in [5, 5.41) is 7.57. The summed E-state index contributed by atoms with van der Waals surface area (Å²) in [6, 6.07) is 0. The monoisotopic (exact) mass is 184 g/mol. The van der Waals surface area contributed by atoms with E-state index >= 15 is 0 Å². The number of aliphatic hydroxyl groups excluding tert-OH is 1. The molecule has 0 amide bonds. The van der Waals surface area contributed by atoms with Crippen LogP contribution >= 0.6 is 0 Å². The SMILES string of the molecule is CCO.O[Si](O)(O)O.[CaH2]. The third kappa shape index (κ3) is 301. The molecular weight excluding hydrogens is 172 g/mol. The molecule has 0 rings (SSSR count). The van der Waals surface area contributed by atoms with Crippen LogP contribution in [0, 0.1) is 0 Å². The number of hydrogen-bond acceptors (Lipinski definition) is 5. The van der Waals surface area contributed by atoms with Crippen LogP contribution < -0.4 is 0 Å². The van der Waals surface area contributed by atoms with E-state index in [9.17, 15) is 0 Å². The van der Waals surface area contributed by atoms with Gasteiger partial charge in [-0.2, -0.15) is 0 Å². The van der Waals surface area contributed by atoms with Gasteiger partial charge in [0.1, 0.15) is 0 Å². The quantitative estimate of drug-likeness (QED) is 0.251. The molecule has 0 unspecified atom stereocenters. The molecule has 0 aliphatic heterocycles. The zero-order valence-corrected chi connectivity index (χ0v) is 5.44. The summed E-state index contributed by atoms with van der Waals surface area (Å²) in [5.74, 6) is 0. The Morgan fingerprint density at radius 2 is 1.11 bits per heavy atom. The Bertz CT molecular complexity index is 38.7. The second-order valence-electron chi connectivity index (χ2n) is 0.916. The summed E-state index contributed by atoms with van der Waals surface area (Å²) < 4.78 is 0. The zero-order valence-electron chi connectivity index (χ0n) is 4.44. The minimum atomic E-state index is -4.61.